The summed E-state index contributed by atoms with van der Waals surface area (Å²) in [7, 11) is 0. The minimum Gasteiger partial charge on any atom is -0.542 e. The molecular weight excluding hydrogens is 489 g/mol. The molecule has 22 heavy (non-hydrogen) atoms. The van der Waals surface area contributed by atoms with Crippen molar-refractivity contribution in [1.82, 2.24) is 0 Å². The third kappa shape index (κ3) is 21.4. The molecule has 0 saturated carbocycles. The molecule has 6 nitrogen and oxygen atoms in total. The van der Waals surface area contributed by atoms with Crippen molar-refractivity contribution >= 4 is 17.9 Å². The summed E-state index contributed by atoms with van der Waals surface area (Å²) >= 11 is 0. The van der Waals surface area contributed by atoms with Crippen LogP contribution < -0.4 is 15.3 Å². The zero-order valence-electron chi connectivity index (χ0n) is 9.26. The summed E-state index contributed by atoms with van der Waals surface area (Å²) in [6.07, 6.45) is -15.6. The second kappa shape index (κ2) is 10.8. The molecule has 0 aromatic carbocycles. The van der Waals surface area contributed by atoms with E-state index in [2.05, 4.69) is 0 Å². The molecule has 0 aromatic heterocycles. The molecule has 0 atom stereocenters. The van der Waals surface area contributed by atoms with E-state index in [1.807, 2.05) is 0 Å². The molecule has 0 bridgehead atoms. The van der Waals surface area contributed by atoms with E-state index in [-0.39, 0.29) is 40.4 Å². The first-order valence-corrected chi connectivity index (χ1v) is 3.68. The van der Waals surface area contributed by atoms with E-state index in [0.29, 0.717) is 0 Å². The van der Waals surface area contributed by atoms with Gasteiger partial charge in [-0.3, -0.25) is 0 Å². The second-order valence-electron chi connectivity index (χ2n) is 2.36. The van der Waals surface area contributed by atoms with Crippen LogP contribution in [0.3, 0.4) is 0 Å². The van der Waals surface area contributed by atoms with E-state index in [1.165, 1.54) is 0 Å². The Hall–Kier alpha value is -0.882. The van der Waals surface area contributed by atoms with Gasteiger partial charge in [0.15, 0.2) is 0 Å². The molecule has 0 unspecified atom stereocenters. The van der Waals surface area contributed by atoms with E-state index in [0.717, 1.165) is 0 Å². The molecule has 0 saturated heterocycles. The largest absolute Gasteiger partial charge is 3.00 e. The van der Waals surface area contributed by atoms with Crippen molar-refractivity contribution in [1.29, 1.82) is 0 Å². The number of hydrogen-bond acceptors (Lipinski definition) is 6. The number of carboxylic acids is 3. The van der Waals surface area contributed by atoms with Crippen molar-refractivity contribution in [2.75, 3.05) is 0 Å². The predicted molar refractivity (Wildman–Crippen MR) is 33.2 cm³/mol. The summed E-state index contributed by atoms with van der Waals surface area (Å²) in [5, 5.41) is 26.4. The molecular formula is C6F9O6Sm. The SMILES string of the molecule is O=C([O-])C(F)(F)F.O=C([O-])C(F)(F)F.O=C([O-])C(F)(F)F.[Sm+3]. The molecule has 1 radical (unpaired) electrons. The van der Waals surface area contributed by atoms with E-state index in [4.69, 9.17) is 29.7 Å². The van der Waals surface area contributed by atoms with E-state index in [1.54, 1.807) is 0 Å². The van der Waals surface area contributed by atoms with Crippen molar-refractivity contribution in [2.24, 2.45) is 0 Å². The van der Waals surface area contributed by atoms with Crippen LogP contribution in [0, 0.1) is 40.4 Å². The Morgan fingerprint density at radius 1 is 0.500 bits per heavy atom. The molecule has 16 heteroatoms. The van der Waals surface area contributed by atoms with Crippen molar-refractivity contribution in [3.8, 4) is 0 Å². The van der Waals surface area contributed by atoms with Gasteiger partial charge in [0.25, 0.3) is 0 Å². The number of halogens is 9. The molecule has 0 aliphatic rings. The van der Waals surface area contributed by atoms with E-state index in [9.17, 15) is 39.5 Å². The first kappa shape index (κ1) is 29.2. The molecule has 0 aromatic rings. The molecule has 0 aliphatic carbocycles. The zero-order chi connectivity index (χ0) is 18.2. The Morgan fingerprint density at radius 2 is 0.545 bits per heavy atom. The Bertz CT molecular complexity index is 313. The monoisotopic (exact) mass is 491 g/mol. The van der Waals surface area contributed by atoms with Crippen LogP contribution in [0.15, 0.2) is 0 Å². The predicted octanol–water partition coefficient (Wildman–Crippen LogP) is -2.10. The third-order valence-electron chi connectivity index (χ3n) is 0.694. The van der Waals surface area contributed by atoms with Crippen molar-refractivity contribution in [2.45, 2.75) is 18.5 Å². The molecule has 0 rings (SSSR count). The Labute approximate surface area is 146 Å². The number of aliphatic carboxylic acids is 3. The van der Waals surface area contributed by atoms with Gasteiger partial charge in [0.05, 0.1) is 0 Å². The molecule has 0 N–H and O–H groups in total. The Balaban J connectivity index is -0.000000108. The summed E-state index contributed by atoms with van der Waals surface area (Å²) in [6, 6.07) is 0. The van der Waals surface area contributed by atoms with Gasteiger partial charge >= 0.3 is 58.9 Å². The van der Waals surface area contributed by atoms with Crippen LogP contribution in [0.2, 0.25) is 0 Å². The average molecular weight is 489 g/mol. The first-order valence-electron chi connectivity index (χ1n) is 3.68. The van der Waals surface area contributed by atoms with Gasteiger partial charge in [-0.25, -0.2) is 0 Å². The normalized spacial score (nSPS) is 10.8. The van der Waals surface area contributed by atoms with Gasteiger partial charge < -0.3 is 29.7 Å². The maximum Gasteiger partial charge on any atom is 3.00 e. The van der Waals surface area contributed by atoms with Crippen LogP contribution in [-0.2, 0) is 14.4 Å². The molecule has 0 spiro atoms. The number of alkyl halides is 9. The number of hydrogen-bond donors (Lipinski definition) is 0. The fraction of sp³-hybridized carbons (Fsp3) is 0.500. The fourth-order valence-corrected chi connectivity index (χ4v) is 0. The van der Waals surface area contributed by atoms with Crippen molar-refractivity contribution in [3.63, 3.8) is 0 Å². The van der Waals surface area contributed by atoms with E-state index < -0.39 is 36.4 Å². The van der Waals surface area contributed by atoms with Crippen LogP contribution >= 0.6 is 0 Å². The van der Waals surface area contributed by atoms with Gasteiger partial charge in [-0.05, 0) is 0 Å². The van der Waals surface area contributed by atoms with Gasteiger partial charge in [0.1, 0.15) is 17.9 Å². The summed E-state index contributed by atoms with van der Waals surface area (Å²) in [4.78, 5) is 26.4. The number of carbonyl (C=O) groups excluding carboxylic acids is 3. The van der Waals surface area contributed by atoms with Gasteiger partial charge in [-0.2, -0.15) is 39.5 Å². The van der Waals surface area contributed by atoms with Gasteiger partial charge in [-0.15, -0.1) is 0 Å². The van der Waals surface area contributed by atoms with Crippen LogP contribution in [-0.4, -0.2) is 36.4 Å². The molecule has 0 heterocycles. The summed E-state index contributed by atoms with van der Waals surface area (Å²) in [5.41, 5.74) is 0. The summed E-state index contributed by atoms with van der Waals surface area (Å²) in [5.74, 6) is -9.02. The number of carbonyl (C=O) groups is 3. The van der Waals surface area contributed by atoms with Crippen LogP contribution in [0.25, 0.3) is 0 Å². The maximum atomic E-state index is 10.5. The first-order chi connectivity index (χ1) is 8.83. The summed E-state index contributed by atoms with van der Waals surface area (Å²) < 4.78 is 94.6. The quantitative estimate of drug-likeness (QED) is 0.360. The average Bonchev–Trinajstić information content (AvgIpc) is 2.14. The second-order valence-corrected chi connectivity index (χ2v) is 2.36. The molecule has 0 aliphatic heterocycles. The van der Waals surface area contributed by atoms with Gasteiger partial charge in [0, 0.05) is 0 Å². The van der Waals surface area contributed by atoms with Crippen LogP contribution in [0.1, 0.15) is 0 Å². The van der Waals surface area contributed by atoms with Crippen molar-refractivity contribution in [3.05, 3.63) is 0 Å². The third-order valence-corrected chi connectivity index (χ3v) is 0.694. The fourth-order valence-electron chi connectivity index (χ4n) is 0. The molecule has 0 amide bonds. The van der Waals surface area contributed by atoms with Gasteiger partial charge in [-0.1, -0.05) is 0 Å². The smallest absolute Gasteiger partial charge is 0.542 e. The molecule has 0 fully saturated rings. The Kier molecular flexibility index (Phi) is 14.3. The number of carboxylic acid groups (broad SMARTS) is 3. The maximum absolute atomic E-state index is 10.5. The van der Waals surface area contributed by atoms with Crippen molar-refractivity contribution < 1.29 is 110 Å². The van der Waals surface area contributed by atoms with Crippen LogP contribution in [0.5, 0.6) is 0 Å². The zero-order valence-corrected chi connectivity index (χ0v) is 11.9. The van der Waals surface area contributed by atoms with Crippen LogP contribution in [0.4, 0.5) is 39.5 Å². The van der Waals surface area contributed by atoms with Gasteiger partial charge in [0.2, 0.25) is 0 Å². The minimum atomic E-state index is -5.19. The molecule has 129 valence electrons. The minimum absolute atomic E-state index is 0. The Morgan fingerprint density at radius 3 is 0.545 bits per heavy atom. The number of rotatable bonds is 0. The standard InChI is InChI=1S/3C2HF3O2.Sm/c3*3-2(4,5)1(6)7;/h3*(H,6,7);/q;;;+3/p-3. The van der Waals surface area contributed by atoms with E-state index >= 15 is 0 Å². The topological polar surface area (TPSA) is 120 Å². The summed E-state index contributed by atoms with van der Waals surface area (Å²) in [6.45, 7) is 0.